The molecule has 1 heterocycles. The molecule has 12 heteroatoms. The third-order valence-corrected chi connectivity index (χ3v) is 4.20. The Labute approximate surface area is 150 Å². The lowest BCUT2D eigenvalue weighted by molar-refractivity contribution is -0.349. The number of hydrogen-bond donors (Lipinski definition) is 0. The van der Waals surface area contributed by atoms with E-state index in [1.54, 1.807) is 20.8 Å². The first-order chi connectivity index (χ1) is 12.0. The van der Waals surface area contributed by atoms with Gasteiger partial charge >= 0.3 is 30.1 Å². The molecule has 1 aliphatic rings. The van der Waals surface area contributed by atoms with Gasteiger partial charge in [0.1, 0.15) is 11.7 Å². The van der Waals surface area contributed by atoms with Crippen molar-refractivity contribution in [1.82, 2.24) is 4.90 Å². The quantitative estimate of drug-likeness (QED) is 0.504. The number of carbonyl (C=O) groups excluding carboxylic acids is 2. The van der Waals surface area contributed by atoms with Gasteiger partial charge in [-0.25, -0.2) is 9.59 Å². The van der Waals surface area contributed by atoms with Crippen LogP contribution in [0.3, 0.4) is 0 Å². The van der Waals surface area contributed by atoms with Crippen molar-refractivity contribution in [2.24, 2.45) is 0 Å². The summed E-state index contributed by atoms with van der Waals surface area (Å²) in [6.07, 6.45) is -8.53. The third kappa shape index (κ3) is 5.16. The lowest BCUT2D eigenvalue weighted by Crippen LogP contribution is -2.57. The molecule has 0 atom stereocenters. The van der Waals surface area contributed by atoms with Crippen molar-refractivity contribution in [3.63, 3.8) is 0 Å². The first-order valence-electron chi connectivity index (χ1n) is 8.06. The predicted octanol–water partition coefficient (Wildman–Crippen LogP) is 4.15. The summed E-state index contributed by atoms with van der Waals surface area (Å²) in [4.78, 5) is 24.4. The molecule has 0 radical (unpaired) electrons. The van der Waals surface area contributed by atoms with Gasteiger partial charge in [-0.1, -0.05) is 6.92 Å². The van der Waals surface area contributed by atoms with Gasteiger partial charge in [-0.2, -0.15) is 30.7 Å². The molecule has 5 nitrogen and oxygen atoms in total. The van der Waals surface area contributed by atoms with Crippen LogP contribution in [0.2, 0.25) is 0 Å². The number of rotatable bonds is 5. The van der Waals surface area contributed by atoms with E-state index in [-0.39, 0.29) is 25.9 Å². The SMILES string of the molecule is CCC(C)(C)OC(=O)N1CCC(OC(=O)C(F)(F)C(F)(F)C(F)(F)F)CC1. The molecular weight excluding hydrogens is 391 g/mol. The van der Waals surface area contributed by atoms with Gasteiger partial charge in [0.15, 0.2) is 0 Å². The Hall–Kier alpha value is -1.75. The average molecular weight is 411 g/mol. The summed E-state index contributed by atoms with van der Waals surface area (Å²) in [7, 11) is 0. The normalized spacial score (nSPS) is 17.6. The Morgan fingerprint density at radius 3 is 1.89 bits per heavy atom. The van der Waals surface area contributed by atoms with Crippen molar-refractivity contribution in [2.45, 2.75) is 69.8 Å². The summed E-state index contributed by atoms with van der Waals surface area (Å²) in [5, 5.41) is 0. The highest BCUT2D eigenvalue weighted by Crippen LogP contribution is 2.47. The Balaban J connectivity index is 2.64. The first-order valence-corrected chi connectivity index (χ1v) is 8.06. The van der Waals surface area contributed by atoms with Crippen molar-refractivity contribution < 1.29 is 49.8 Å². The van der Waals surface area contributed by atoms with Crippen LogP contribution in [0, 0.1) is 0 Å². The molecule has 1 amide bonds. The van der Waals surface area contributed by atoms with E-state index in [9.17, 15) is 40.3 Å². The monoisotopic (exact) mass is 411 g/mol. The van der Waals surface area contributed by atoms with E-state index in [0.717, 1.165) is 0 Å². The summed E-state index contributed by atoms with van der Waals surface area (Å²) in [5.41, 5.74) is -0.744. The summed E-state index contributed by atoms with van der Waals surface area (Å²) in [6.45, 7) is 4.93. The highest BCUT2D eigenvalue weighted by Gasteiger charge is 2.77. The molecule has 1 saturated heterocycles. The van der Waals surface area contributed by atoms with E-state index in [2.05, 4.69) is 4.74 Å². The topological polar surface area (TPSA) is 55.8 Å². The van der Waals surface area contributed by atoms with Crippen molar-refractivity contribution in [3.05, 3.63) is 0 Å². The molecule has 1 rings (SSSR count). The Kier molecular flexibility index (Phi) is 6.65. The number of carbonyl (C=O) groups is 2. The Morgan fingerprint density at radius 2 is 1.48 bits per heavy atom. The molecule has 1 fully saturated rings. The second-order valence-corrected chi connectivity index (χ2v) is 6.72. The summed E-state index contributed by atoms with van der Waals surface area (Å²) in [5.74, 6) is -15.6. The predicted molar refractivity (Wildman–Crippen MR) is 77.5 cm³/mol. The zero-order valence-electron chi connectivity index (χ0n) is 14.8. The molecule has 158 valence electrons. The highest BCUT2D eigenvalue weighted by atomic mass is 19.4. The number of hydrogen-bond acceptors (Lipinski definition) is 4. The third-order valence-electron chi connectivity index (χ3n) is 4.20. The first kappa shape index (κ1) is 23.3. The van der Waals surface area contributed by atoms with Crippen molar-refractivity contribution in [1.29, 1.82) is 0 Å². The molecule has 1 aliphatic heterocycles. The maximum atomic E-state index is 13.2. The van der Waals surface area contributed by atoms with Crippen LogP contribution >= 0.6 is 0 Å². The fourth-order valence-electron chi connectivity index (χ4n) is 2.06. The van der Waals surface area contributed by atoms with Crippen LogP contribution in [-0.2, 0) is 14.3 Å². The molecule has 0 spiro atoms. The average Bonchev–Trinajstić information content (AvgIpc) is 2.53. The molecular formula is C15H20F7NO4. The number of amides is 1. The molecule has 0 aromatic carbocycles. The van der Waals surface area contributed by atoms with E-state index >= 15 is 0 Å². The fraction of sp³-hybridized carbons (Fsp3) is 0.867. The van der Waals surface area contributed by atoms with Gasteiger partial charge in [-0.3, -0.25) is 0 Å². The largest absolute Gasteiger partial charge is 0.460 e. The van der Waals surface area contributed by atoms with Crippen LogP contribution in [0.5, 0.6) is 0 Å². The van der Waals surface area contributed by atoms with E-state index < -0.39 is 41.8 Å². The van der Waals surface area contributed by atoms with E-state index in [1.807, 2.05) is 0 Å². The second kappa shape index (κ2) is 7.70. The summed E-state index contributed by atoms with van der Waals surface area (Å²) < 4.78 is 97.7. The van der Waals surface area contributed by atoms with Crippen LogP contribution in [0.1, 0.15) is 40.0 Å². The lowest BCUT2D eigenvalue weighted by atomic mass is 10.1. The minimum atomic E-state index is -6.62. The Bertz CT molecular complexity index is 555. The molecule has 27 heavy (non-hydrogen) atoms. The zero-order chi connectivity index (χ0) is 21.3. The molecule has 0 N–H and O–H groups in total. The van der Waals surface area contributed by atoms with Crippen molar-refractivity contribution >= 4 is 12.1 Å². The second-order valence-electron chi connectivity index (χ2n) is 6.72. The van der Waals surface area contributed by atoms with Crippen molar-refractivity contribution in [2.75, 3.05) is 13.1 Å². The fourth-order valence-corrected chi connectivity index (χ4v) is 2.06. The number of ether oxygens (including phenoxy) is 2. The van der Waals surface area contributed by atoms with Crippen LogP contribution in [-0.4, -0.2) is 59.8 Å². The molecule has 0 saturated carbocycles. The van der Waals surface area contributed by atoms with Gasteiger partial charge < -0.3 is 14.4 Å². The molecule has 0 unspecified atom stereocenters. The maximum Gasteiger partial charge on any atom is 0.460 e. The van der Waals surface area contributed by atoms with Gasteiger partial charge in [-0.15, -0.1) is 0 Å². The number of esters is 1. The highest BCUT2D eigenvalue weighted by molar-refractivity contribution is 5.79. The number of alkyl halides is 7. The van der Waals surface area contributed by atoms with Gasteiger partial charge in [-0.05, 0) is 20.3 Å². The van der Waals surface area contributed by atoms with E-state index in [0.29, 0.717) is 6.42 Å². The van der Waals surface area contributed by atoms with Crippen LogP contribution < -0.4 is 0 Å². The van der Waals surface area contributed by atoms with Gasteiger partial charge in [0, 0.05) is 25.9 Å². The van der Waals surface area contributed by atoms with Crippen molar-refractivity contribution in [3.8, 4) is 0 Å². The van der Waals surface area contributed by atoms with E-state index in [1.165, 1.54) is 4.90 Å². The molecule has 0 aromatic rings. The van der Waals surface area contributed by atoms with E-state index in [4.69, 9.17) is 4.74 Å². The maximum absolute atomic E-state index is 13.2. The van der Waals surface area contributed by atoms with Crippen LogP contribution in [0.25, 0.3) is 0 Å². The minimum Gasteiger partial charge on any atom is -0.458 e. The summed E-state index contributed by atoms with van der Waals surface area (Å²) in [6, 6.07) is 0. The van der Waals surface area contributed by atoms with Crippen LogP contribution in [0.4, 0.5) is 35.5 Å². The molecule has 0 aromatic heterocycles. The van der Waals surface area contributed by atoms with Crippen LogP contribution in [0.15, 0.2) is 0 Å². The zero-order valence-corrected chi connectivity index (χ0v) is 14.8. The van der Waals surface area contributed by atoms with Gasteiger partial charge in [0.2, 0.25) is 0 Å². The van der Waals surface area contributed by atoms with Gasteiger partial charge in [0.25, 0.3) is 0 Å². The standard InChI is InChI=1S/C15H20F7NO4/c1-4-12(2,3)27-11(25)23-7-5-9(6-8-23)26-10(24)13(16,17)14(18,19)15(20,21)22/h9H,4-8H2,1-3H3. The summed E-state index contributed by atoms with van der Waals surface area (Å²) >= 11 is 0. The number of halogens is 7. The number of nitrogens with zero attached hydrogens (tertiary/aromatic N) is 1. The molecule has 0 aliphatic carbocycles. The smallest absolute Gasteiger partial charge is 0.458 e. The van der Waals surface area contributed by atoms with Gasteiger partial charge in [0.05, 0.1) is 0 Å². The molecule has 0 bridgehead atoms. The number of piperidine rings is 1. The minimum absolute atomic E-state index is 0.0994. The lowest BCUT2D eigenvalue weighted by Gasteiger charge is -2.34. The number of likely N-dealkylation sites (tertiary alicyclic amines) is 1. The Morgan fingerprint density at radius 1 is 1.00 bits per heavy atom.